The Bertz CT molecular complexity index is 345. The van der Waals surface area contributed by atoms with Crippen LogP contribution >= 0.6 is 0 Å². The molecule has 4 heteroatoms. The minimum atomic E-state index is -0.246. The Morgan fingerprint density at radius 1 is 1.10 bits per heavy atom. The molecule has 0 aliphatic carbocycles. The van der Waals surface area contributed by atoms with Crippen LogP contribution in [0.4, 0.5) is 0 Å². The Morgan fingerprint density at radius 3 is 2.40 bits per heavy atom. The standard InChI is InChI=1S/C16H30N2O2/c1-11(2)17-8-7-13(19)9-16(17)15-6-5-14(20)10-18(15)12(3)4/h11,13-16,19-20H,3,5-10H2,1-2,4H3/t13?,14-,15?,16?/m1/s1. The predicted molar refractivity (Wildman–Crippen MR) is 81.4 cm³/mol. The maximum absolute atomic E-state index is 10.1. The second kappa shape index (κ2) is 6.46. The molecule has 4 atom stereocenters. The third-order valence-electron chi connectivity index (χ3n) is 4.86. The zero-order valence-corrected chi connectivity index (χ0v) is 13.1. The van der Waals surface area contributed by atoms with E-state index in [1.165, 1.54) is 0 Å². The van der Waals surface area contributed by atoms with Crippen LogP contribution < -0.4 is 0 Å². The molecule has 4 nitrogen and oxygen atoms in total. The first kappa shape index (κ1) is 15.8. The van der Waals surface area contributed by atoms with Crippen molar-refractivity contribution in [3.63, 3.8) is 0 Å². The number of aliphatic hydroxyl groups excluding tert-OH is 2. The first-order valence-electron chi connectivity index (χ1n) is 7.94. The number of rotatable bonds is 3. The van der Waals surface area contributed by atoms with Crippen LogP contribution in [0.3, 0.4) is 0 Å². The van der Waals surface area contributed by atoms with Crippen molar-refractivity contribution in [3.05, 3.63) is 12.3 Å². The molecule has 2 aliphatic heterocycles. The van der Waals surface area contributed by atoms with Gasteiger partial charge >= 0.3 is 0 Å². The van der Waals surface area contributed by atoms with Gasteiger partial charge in [0.05, 0.1) is 12.2 Å². The van der Waals surface area contributed by atoms with Gasteiger partial charge in [-0.05, 0) is 46.5 Å². The molecule has 0 spiro atoms. The smallest absolute Gasteiger partial charge is 0.0715 e. The molecule has 2 fully saturated rings. The van der Waals surface area contributed by atoms with Gasteiger partial charge in [0, 0.05) is 36.9 Å². The minimum absolute atomic E-state index is 0.186. The highest BCUT2D eigenvalue weighted by atomic mass is 16.3. The van der Waals surface area contributed by atoms with Crippen molar-refractivity contribution in [2.75, 3.05) is 13.1 Å². The van der Waals surface area contributed by atoms with Crippen molar-refractivity contribution < 1.29 is 10.2 Å². The van der Waals surface area contributed by atoms with Crippen molar-refractivity contribution in [1.82, 2.24) is 9.80 Å². The Morgan fingerprint density at radius 2 is 1.80 bits per heavy atom. The molecule has 2 aliphatic rings. The summed E-state index contributed by atoms with van der Waals surface area (Å²) in [5, 5.41) is 20.0. The van der Waals surface area contributed by atoms with E-state index >= 15 is 0 Å². The number of piperidine rings is 2. The number of hydrogen-bond acceptors (Lipinski definition) is 4. The lowest BCUT2D eigenvalue weighted by Crippen LogP contribution is -2.60. The summed E-state index contributed by atoms with van der Waals surface area (Å²) in [6.45, 7) is 12.2. The van der Waals surface area contributed by atoms with Gasteiger partial charge in [0.1, 0.15) is 0 Å². The summed E-state index contributed by atoms with van der Waals surface area (Å²) < 4.78 is 0. The molecule has 116 valence electrons. The van der Waals surface area contributed by atoms with E-state index in [9.17, 15) is 10.2 Å². The molecular formula is C16H30N2O2. The lowest BCUT2D eigenvalue weighted by atomic mass is 9.86. The van der Waals surface area contributed by atoms with Crippen molar-refractivity contribution in [1.29, 1.82) is 0 Å². The SMILES string of the molecule is C=C(C)N1C[C@H](O)CCC1C1CC(O)CCN1C(C)C. The van der Waals surface area contributed by atoms with Crippen LogP contribution in [0.25, 0.3) is 0 Å². The third kappa shape index (κ3) is 3.35. The van der Waals surface area contributed by atoms with Gasteiger partial charge in [-0.1, -0.05) is 6.58 Å². The fourth-order valence-electron chi connectivity index (χ4n) is 3.83. The largest absolute Gasteiger partial charge is 0.393 e. The summed E-state index contributed by atoms with van der Waals surface area (Å²) >= 11 is 0. The molecule has 0 amide bonds. The minimum Gasteiger partial charge on any atom is -0.393 e. The van der Waals surface area contributed by atoms with Gasteiger partial charge < -0.3 is 15.1 Å². The van der Waals surface area contributed by atoms with Crippen molar-refractivity contribution in [3.8, 4) is 0 Å². The van der Waals surface area contributed by atoms with Crippen molar-refractivity contribution in [2.24, 2.45) is 0 Å². The van der Waals surface area contributed by atoms with Gasteiger partial charge in [0.25, 0.3) is 0 Å². The third-order valence-corrected chi connectivity index (χ3v) is 4.86. The van der Waals surface area contributed by atoms with Gasteiger partial charge in [-0.25, -0.2) is 0 Å². The van der Waals surface area contributed by atoms with E-state index in [0.29, 0.717) is 24.7 Å². The summed E-state index contributed by atoms with van der Waals surface area (Å²) in [6.07, 6.45) is 3.11. The predicted octanol–water partition coefficient (Wildman–Crippen LogP) is 1.58. The molecule has 2 heterocycles. The molecule has 0 aromatic rings. The summed E-state index contributed by atoms with van der Waals surface area (Å²) in [7, 11) is 0. The van der Waals surface area contributed by atoms with Gasteiger partial charge in [0.15, 0.2) is 0 Å². The van der Waals surface area contributed by atoms with Gasteiger partial charge in [-0.3, -0.25) is 4.90 Å². The van der Waals surface area contributed by atoms with Gasteiger partial charge in [0.2, 0.25) is 0 Å². The quantitative estimate of drug-likeness (QED) is 0.825. The topological polar surface area (TPSA) is 46.9 Å². The van der Waals surface area contributed by atoms with E-state index in [4.69, 9.17) is 0 Å². The van der Waals surface area contributed by atoms with Crippen LogP contribution in [-0.4, -0.2) is 63.4 Å². The van der Waals surface area contributed by atoms with E-state index in [1.807, 2.05) is 6.92 Å². The number of hydrogen-bond donors (Lipinski definition) is 2. The first-order valence-corrected chi connectivity index (χ1v) is 7.94. The van der Waals surface area contributed by atoms with Crippen LogP contribution in [0.15, 0.2) is 12.3 Å². The summed E-state index contributed by atoms with van der Waals surface area (Å²) in [4.78, 5) is 4.78. The highest BCUT2D eigenvalue weighted by Crippen LogP contribution is 2.31. The van der Waals surface area contributed by atoms with E-state index < -0.39 is 0 Å². The highest BCUT2D eigenvalue weighted by molar-refractivity contribution is 5.03. The number of aliphatic hydroxyl groups is 2. The molecular weight excluding hydrogens is 252 g/mol. The lowest BCUT2D eigenvalue weighted by molar-refractivity contribution is -0.0374. The van der Waals surface area contributed by atoms with E-state index in [-0.39, 0.29) is 12.2 Å². The number of β-amino-alcohol motifs (C(OH)–C–C–N with tert-alkyl or cyclic N) is 1. The van der Waals surface area contributed by atoms with E-state index in [2.05, 4.69) is 30.2 Å². The molecule has 3 unspecified atom stereocenters. The van der Waals surface area contributed by atoms with Gasteiger partial charge in [-0.2, -0.15) is 0 Å². The first-order chi connectivity index (χ1) is 9.40. The maximum atomic E-state index is 10.1. The Kier molecular flexibility index (Phi) is 5.10. The molecule has 2 saturated heterocycles. The Labute approximate surface area is 123 Å². The van der Waals surface area contributed by atoms with Crippen molar-refractivity contribution >= 4 is 0 Å². The lowest BCUT2D eigenvalue weighted by Gasteiger charge is -2.50. The van der Waals surface area contributed by atoms with Gasteiger partial charge in [-0.15, -0.1) is 0 Å². The Balaban J connectivity index is 2.18. The molecule has 20 heavy (non-hydrogen) atoms. The average Bonchev–Trinajstić information content (AvgIpc) is 2.38. The fourth-order valence-corrected chi connectivity index (χ4v) is 3.83. The van der Waals surface area contributed by atoms with Crippen LogP contribution in [0.2, 0.25) is 0 Å². The van der Waals surface area contributed by atoms with Crippen LogP contribution in [0.5, 0.6) is 0 Å². The molecule has 0 bridgehead atoms. The molecule has 0 aromatic carbocycles. The normalized spacial score (nSPS) is 36.4. The molecule has 2 rings (SSSR count). The molecule has 0 aromatic heterocycles. The second-order valence-electron chi connectivity index (χ2n) is 6.76. The zero-order chi connectivity index (χ0) is 14.9. The molecule has 0 saturated carbocycles. The number of allylic oxidation sites excluding steroid dienone is 1. The fraction of sp³-hybridized carbons (Fsp3) is 0.875. The second-order valence-corrected chi connectivity index (χ2v) is 6.76. The summed E-state index contributed by atoms with van der Waals surface area (Å²) in [5.41, 5.74) is 1.03. The Hall–Kier alpha value is -0.580. The number of nitrogens with zero attached hydrogens (tertiary/aromatic N) is 2. The van der Waals surface area contributed by atoms with E-state index in [1.54, 1.807) is 0 Å². The van der Waals surface area contributed by atoms with Crippen molar-refractivity contribution in [2.45, 2.75) is 76.8 Å². The molecule has 0 radical (unpaired) electrons. The highest BCUT2D eigenvalue weighted by Gasteiger charge is 2.39. The summed E-state index contributed by atoms with van der Waals surface area (Å²) in [6, 6.07) is 1.22. The monoisotopic (exact) mass is 282 g/mol. The van der Waals surface area contributed by atoms with Crippen LogP contribution in [0.1, 0.15) is 46.5 Å². The average molecular weight is 282 g/mol. The molecule has 2 N–H and O–H groups in total. The summed E-state index contributed by atoms with van der Waals surface area (Å²) in [5.74, 6) is 0. The van der Waals surface area contributed by atoms with E-state index in [0.717, 1.165) is 37.9 Å². The number of likely N-dealkylation sites (tertiary alicyclic amines) is 2. The van der Waals surface area contributed by atoms with Crippen LogP contribution in [-0.2, 0) is 0 Å². The zero-order valence-electron chi connectivity index (χ0n) is 13.1. The van der Waals surface area contributed by atoms with Crippen LogP contribution in [0, 0.1) is 0 Å². The maximum Gasteiger partial charge on any atom is 0.0715 e.